The fraction of sp³-hybridized carbons (Fsp3) is 0.750. The van der Waals surface area contributed by atoms with E-state index in [1.54, 1.807) is 0 Å². The molecule has 0 bridgehead atoms. The van der Waals surface area contributed by atoms with Crippen LogP contribution < -0.4 is 5.73 Å². The second-order valence-corrected chi connectivity index (χ2v) is 5.01. The van der Waals surface area contributed by atoms with Gasteiger partial charge in [-0.2, -0.15) is 0 Å². The van der Waals surface area contributed by atoms with E-state index in [0.29, 0.717) is 12.0 Å². The summed E-state index contributed by atoms with van der Waals surface area (Å²) in [5, 5.41) is 0. The van der Waals surface area contributed by atoms with Crippen molar-refractivity contribution in [1.29, 1.82) is 0 Å². The lowest BCUT2D eigenvalue weighted by molar-refractivity contribution is 0.304. The third-order valence-corrected chi connectivity index (χ3v) is 3.16. The highest BCUT2D eigenvalue weighted by atomic mass is 35.5. The smallest absolute Gasteiger partial charge is 0.197 e. The molecule has 1 heterocycles. The van der Waals surface area contributed by atoms with Gasteiger partial charge in [-0.05, 0) is 39.8 Å². The zero-order valence-corrected chi connectivity index (χ0v) is 11.4. The van der Waals surface area contributed by atoms with Crippen molar-refractivity contribution in [2.45, 2.75) is 44.2 Å². The second kappa shape index (κ2) is 6.38. The van der Waals surface area contributed by atoms with Gasteiger partial charge in [0.25, 0.3) is 0 Å². The van der Waals surface area contributed by atoms with E-state index < -0.39 is 0 Å². The van der Waals surface area contributed by atoms with Crippen molar-refractivity contribution in [3.63, 3.8) is 0 Å². The SMILES string of the molecule is CN(C)Cc1cnc([C@H]2CC[C@H](N)CC2)o1.Cl. The topological polar surface area (TPSA) is 55.3 Å². The van der Waals surface area contributed by atoms with Gasteiger partial charge in [-0.3, -0.25) is 0 Å². The summed E-state index contributed by atoms with van der Waals surface area (Å²) in [6.45, 7) is 0.819. The maximum atomic E-state index is 5.89. The van der Waals surface area contributed by atoms with E-state index in [4.69, 9.17) is 10.2 Å². The maximum absolute atomic E-state index is 5.89. The first-order valence-electron chi connectivity index (χ1n) is 6.00. The number of nitrogens with two attached hydrogens (primary N) is 1. The monoisotopic (exact) mass is 259 g/mol. The van der Waals surface area contributed by atoms with Crippen LogP contribution in [0.15, 0.2) is 10.6 Å². The lowest BCUT2D eigenvalue weighted by atomic mass is 9.86. The predicted molar refractivity (Wildman–Crippen MR) is 70.3 cm³/mol. The molecule has 0 aliphatic heterocycles. The van der Waals surface area contributed by atoms with Crippen LogP contribution in [-0.4, -0.2) is 30.0 Å². The number of oxazole rings is 1. The Kier molecular flexibility index (Phi) is 5.43. The Bertz CT molecular complexity index is 332. The molecular formula is C12H22ClN3O. The molecule has 4 nitrogen and oxygen atoms in total. The van der Waals surface area contributed by atoms with E-state index in [1.165, 1.54) is 0 Å². The van der Waals surface area contributed by atoms with E-state index in [9.17, 15) is 0 Å². The molecule has 2 rings (SSSR count). The van der Waals surface area contributed by atoms with Gasteiger partial charge in [-0.25, -0.2) is 4.98 Å². The summed E-state index contributed by atoms with van der Waals surface area (Å²) in [6, 6.07) is 0.382. The number of aromatic nitrogens is 1. The standard InChI is InChI=1S/C12H21N3O.ClH/c1-15(2)8-11-7-14-12(16-11)9-3-5-10(13)6-4-9;/h7,9-10H,3-6,8,13H2,1-2H3;1H/t9-,10-;. The molecule has 17 heavy (non-hydrogen) atoms. The molecule has 1 aromatic rings. The first-order chi connectivity index (χ1) is 7.65. The van der Waals surface area contributed by atoms with E-state index in [2.05, 4.69) is 9.88 Å². The summed E-state index contributed by atoms with van der Waals surface area (Å²) in [5.41, 5.74) is 5.89. The molecule has 98 valence electrons. The normalized spacial score (nSPS) is 24.7. The summed E-state index contributed by atoms with van der Waals surface area (Å²) < 4.78 is 5.78. The van der Waals surface area contributed by atoms with Crippen molar-refractivity contribution in [1.82, 2.24) is 9.88 Å². The highest BCUT2D eigenvalue weighted by molar-refractivity contribution is 5.85. The minimum Gasteiger partial charge on any atom is -0.444 e. The molecule has 0 spiro atoms. The molecular weight excluding hydrogens is 238 g/mol. The summed E-state index contributed by atoms with van der Waals surface area (Å²) in [6.07, 6.45) is 6.27. The van der Waals surface area contributed by atoms with Gasteiger partial charge in [0, 0.05) is 12.0 Å². The first kappa shape index (κ1) is 14.5. The number of hydrogen-bond donors (Lipinski definition) is 1. The number of halogens is 1. The summed E-state index contributed by atoms with van der Waals surface area (Å²) >= 11 is 0. The average Bonchev–Trinajstić information content (AvgIpc) is 2.66. The molecule has 0 aromatic carbocycles. The van der Waals surface area contributed by atoms with Gasteiger partial charge in [0.15, 0.2) is 5.89 Å². The Morgan fingerprint density at radius 2 is 2.00 bits per heavy atom. The van der Waals surface area contributed by atoms with E-state index in [-0.39, 0.29) is 12.4 Å². The Morgan fingerprint density at radius 1 is 1.35 bits per heavy atom. The predicted octanol–water partition coefficient (Wildman–Crippen LogP) is 2.14. The van der Waals surface area contributed by atoms with Gasteiger partial charge in [0.1, 0.15) is 5.76 Å². The lowest BCUT2D eigenvalue weighted by Gasteiger charge is -2.23. The highest BCUT2D eigenvalue weighted by Gasteiger charge is 2.23. The third kappa shape index (κ3) is 3.98. The first-order valence-corrected chi connectivity index (χ1v) is 6.00. The Balaban J connectivity index is 0.00000144. The van der Waals surface area contributed by atoms with Crippen LogP contribution in [0.1, 0.15) is 43.3 Å². The largest absolute Gasteiger partial charge is 0.444 e. The van der Waals surface area contributed by atoms with Gasteiger partial charge >= 0.3 is 0 Å². The van der Waals surface area contributed by atoms with Crippen molar-refractivity contribution >= 4 is 12.4 Å². The average molecular weight is 260 g/mol. The maximum Gasteiger partial charge on any atom is 0.197 e. The zero-order chi connectivity index (χ0) is 11.5. The summed E-state index contributed by atoms with van der Waals surface area (Å²) in [4.78, 5) is 6.47. The Hall–Kier alpha value is -0.580. The second-order valence-electron chi connectivity index (χ2n) is 5.01. The van der Waals surface area contributed by atoms with Gasteiger partial charge < -0.3 is 15.1 Å². The van der Waals surface area contributed by atoms with Crippen molar-refractivity contribution in [2.75, 3.05) is 14.1 Å². The van der Waals surface area contributed by atoms with Crippen molar-refractivity contribution in [2.24, 2.45) is 5.73 Å². The van der Waals surface area contributed by atoms with Gasteiger partial charge in [-0.1, -0.05) is 0 Å². The fourth-order valence-corrected chi connectivity index (χ4v) is 2.26. The summed E-state index contributed by atoms with van der Waals surface area (Å²) in [7, 11) is 4.06. The fourth-order valence-electron chi connectivity index (χ4n) is 2.26. The molecule has 0 radical (unpaired) electrons. The number of rotatable bonds is 3. The van der Waals surface area contributed by atoms with Crippen LogP contribution in [0.25, 0.3) is 0 Å². The molecule has 0 atom stereocenters. The third-order valence-electron chi connectivity index (χ3n) is 3.16. The number of hydrogen-bond acceptors (Lipinski definition) is 4. The minimum atomic E-state index is 0. The highest BCUT2D eigenvalue weighted by Crippen LogP contribution is 2.31. The molecule has 5 heteroatoms. The van der Waals surface area contributed by atoms with Crippen molar-refractivity contribution in [3.05, 3.63) is 17.8 Å². The van der Waals surface area contributed by atoms with Crippen molar-refractivity contribution in [3.8, 4) is 0 Å². The molecule has 0 saturated heterocycles. The molecule has 1 saturated carbocycles. The van der Waals surface area contributed by atoms with E-state index >= 15 is 0 Å². The van der Waals surface area contributed by atoms with Crippen LogP contribution in [0, 0.1) is 0 Å². The Labute approximate surface area is 109 Å². The quantitative estimate of drug-likeness (QED) is 0.904. The van der Waals surface area contributed by atoms with Gasteiger partial charge in [0.2, 0.25) is 0 Å². The van der Waals surface area contributed by atoms with Crippen LogP contribution in [-0.2, 0) is 6.54 Å². The molecule has 1 aromatic heterocycles. The van der Waals surface area contributed by atoms with Crippen LogP contribution in [0.2, 0.25) is 0 Å². The van der Waals surface area contributed by atoms with E-state index in [0.717, 1.165) is 43.9 Å². The van der Waals surface area contributed by atoms with Gasteiger partial charge in [0.05, 0.1) is 12.7 Å². The van der Waals surface area contributed by atoms with Crippen LogP contribution in [0.3, 0.4) is 0 Å². The van der Waals surface area contributed by atoms with Crippen molar-refractivity contribution < 1.29 is 4.42 Å². The van der Waals surface area contributed by atoms with E-state index in [1.807, 2.05) is 20.3 Å². The molecule has 2 N–H and O–H groups in total. The molecule has 0 amide bonds. The Morgan fingerprint density at radius 3 is 2.59 bits per heavy atom. The molecule has 1 fully saturated rings. The molecule has 0 unspecified atom stereocenters. The van der Waals surface area contributed by atoms with Crippen LogP contribution in [0.4, 0.5) is 0 Å². The molecule has 1 aliphatic rings. The van der Waals surface area contributed by atoms with Crippen LogP contribution >= 0.6 is 12.4 Å². The summed E-state index contributed by atoms with van der Waals surface area (Å²) in [5.74, 6) is 2.34. The molecule has 1 aliphatic carbocycles. The lowest BCUT2D eigenvalue weighted by Crippen LogP contribution is -2.25. The zero-order valence-electron chi connectivity index (χ0n) is 10.6. The van der Waals surface area contributed by atoms with Crippen LogP contribution in [0.5, 0.6) is 0 Å². The number of nitrogens with zero attached hydrogens (tertiary/aromatic N) is 2. The minimum absolute atomic E-state index is 0. The van der Waals surface area contributed by atoms with Gasteiger partial charge in [-0.15, -0.1) is 12.4 Å².